The molecular weight excluding hydrogens is 212 g/mol. The molecule has 0 saturated heterocycles. The van der Waals surface area contributed by atoms with E-state index in [1.54, 1.807) is 0 Å². The summed E-state index contributed by atoms with van der Waals surface area (Å²) in [5.74, 6) is 0.435. The molecule has 1 atom stereocenters. The Hall–Kier alpha value is -0.760. The van der Waals surface area contributed by atoms with Crippen molar-refractivity contribution in [2.24, 2.45) is 10.8 Å². The van der Waals surface area contributed by atoms with E-state index in [9.17, 15) is 5.11 Å². The molecule has 1 aliphatic rings. The molecule has 2 nitrogen and oxygen atoms in total. The molecule has 0 spiro atoms. The Bertz CT molecular complexity index is 320. The molecule has 0 aromatic rings. The van der Waals surface area contributed by atoms with Crippen molar-refractivity contribution in [3.8, 4) is 0 Å². The number of aliphatic hydroxyl groups excluding tert-OH is 2. The van der Waals surface area contributed by atoms with Crippen LogP contribution in [0, 0.1) is 10.8 Å². The Morgan fingerprint density at radius 1 is 1.29 bits per heavy atom. The minimum Gasteiger partial charge on any atom is -0.508 e. The molecule has 0 amide bonds. The maximum absolute atomic E-state index is 9.90. The summed E-state index contributed by atoms with van der Waals surface area (Å²) in [6.07, 6.45) is 7.66. The van der Waals surface area contributed by atoms with Gasteiger partial charge in [-0.25, -0.2) is 0 Å². The zero-order valence-corrected chi connectivity index (χ0v) is 11.6. The number of unbranched alkanes of at least 4 members (excludes halogenated alkanes) is 1. The van der Waals surface area contributed by atoms with Gasteiger partial charge in [0.1, 0.15) is 5.76 Å². The second-order valence-electron chi connectivity index (χ2n) is 6.31. The van der Waals surface area contributed by atoms with Gasteiger partial charge in [-0.05, 0) is 48.2 Å². The Morgan fingerprint density at radius 3 is 2.47 bits per heavy atom. The van der Waals surface area contributed by atoms with Crippen LogP contribution in [-0.2, 0) is 0 Å². The van der Waals surface area contributed by atoms with Crippen molar-refractivity contribution in [1.82, 2.24) is 0 Å². The highest BCUT2D eigenvalue weighted by Gasteiger charge is 2.37. The number of allylic oxidation sites excluding steroid dienone is 3. The van der Waals surface area contributed by atoms with Crippen LogP contribution in [0.5, 0.6) is 0 Å². The molecule has 2 heteroatoms. The maximum atomic E-state index is 9.90. The largest absolute Gasteiger partial charge is 0.508 e. The van der Waals surface area contributed by atoms with E-state index >= 15 is 0 Å². The lowest BCUT2D eigenvalue weighted by Gasteiger charge is -2.41. The van der Waals surface area contributed by atoms with Crippen LogP contribution >= 0.6 is 0 Å². The van der Waals surface area contributed by atoms with Crippen molar-refractivity contribution < 1.29 is 10.2 Å². The molecule has 2 N–H and O–H groups in total. The standard InChI is InChI=1S/C15H26O2/c1-14(2,3)15(4)9-8-13(17)12(11-15)7-5-6-10-16/h8,11,16-17H,5-7,9-10H2,1-4H3. The zero-order valence-electron chi connectivity index (χ0n) is 11.6. The fraction of sp³-hybridized carbons (Fsp3) is 0.733. The van der Waals surface area contributed by atoms with E-state index < -0.39 is 0 Å². The van der Waals surface area contributed by atoms with Crippen LogP contribution in [0.15, 0.2) is 23.5 Å². The summed E-state index contributed by atoms with van der Waals surface area (Å²) in [7, 11) is 0. The summed E-state index contributed by atoms with van der Waals surface area (Å²) in [6.45, 7) is 9.21. The Balaban J connectivity index is 2.81. The second-order valence-corrected chi connectivity index (χ2v) is 6.31. The van der Waals surface area contributed by atoms with E-state index in [2.05, 4.69) is 33.8 Å². The van der Waals surface area contributed by atoms with Crippen LogP contribution in [0.1, 0.15) is 53.4 Å². The van der Waals surface area contributed by atoms with Gasteiger partial charge in [0.25, 0.3) is 0 Å². The number of hydrogen-bond donors (Lipinski definition) is 2. The van der Waals surface area contributed by atoms with Crippen LogP contribution in [0.2, 0.25) is 0 Å². The molecule has 1 rings (SSSR count). The van der Waals surface area contributed by atoms with Gasteiger partial charge in [0.2, 0.25) is 0 Å². The lowest BCUT2D eigenvalue weighted by molar-refractivity contribution is 0.164. The third-order valence-corrected chi connectivity index (χ3v) is 4.11. The number of rotatable bonds is 4. The summed E-state index contributed by atoms with van der Waals surface area (Å²) in [5.41, 5.74) is 1.34. The van der Waals surface area contributed by atoms with Crippen LogP contribution in [0.4, 0.5) is 0 Å². The molecule has 1 unspecified atom stereocenters. The first-order valence-electron chi connectivity index (χ1n) is 6.52. The van der Waals surface area contributed by atoms with Crippen molar-refractivity contribution in [3.05, 3.63) is 23.5 Å². The van der Waals surface area contributed by atoms with Gasteiger partial charge in [0.15, 0.2) is 0 Å². The average molecular weight is 238 g/mol. The van der Waals surface area contributed by atoms with Crippen molar-refractivity contribution in [3.63, 3.8) is 0 Å². The summed E-state index contributed by atoms with van der Waals surface area (Å²) < 4.78 is 0. The third-order valence-electron chi connectivity index (χ3n) is 4.11. The molecule has 0 bridgehead atoms. The summed E-state index contributed by atoms with van der Waals surface area (Å²) in [4.78, 5) is 0. The van der Waals surface area contributed by atoms with Gasteiger partial charge < -0.3 is 10.2 Å². The van der Waals surface area contributed by atoms with E-state index in [-0.39, 0.29) is 17.4 Å². The van der Waals surface area contributed by atoms with Gasteiger partial charge in [-0.2, -0.15) is 0 Å². The lowest BCUT2D eigenvalue weighted by Crippen LogP contribution is -2.32. The van der Waals surface area contributed by atoms with Crippen LogP contribution in [0.25, 0.3) is 0 Å². The minimum atomic E-state index is 0.105. The summed E-state index contributed by atoms with van der Waals surface area (Å²) in [5, 5.41) is 18.7. The highest BCUT2D eigenvalue weighted by atomic mass is 16.3. The monoisotopic (exact) mass is 238 g/mol. The highest BCUT2D eigenvalue weighted by molar-refractivity contribution is 5.32. The van der Waals surface area contributed by atoms with Crippen molar-refractivity contribution in [1.29, 1.82) is 0 Å². The molecule has 0 fully saturated rings. The fourth-order valence-corrected chi connectivity index (χ4v) is 2.11. The summed E-state index contributed by atoms with van der Waals surface area (Å²) >= 11 is 0. The maximum Gasteiger partial charge on any atom is 0.114 e. The Kier molecular flexibility index (Phi) is 4.42. The van der Waals surface area contributed by atoms with Crippen molar-refractivity contribution in [2.45, 2.75) is 53.4 Å². The normalized spacial score (nSPS) is 25.5. The molecule has 0 aromatic carbocycles. The predicted molar refractivity (Wildman–Crippen MR) is 71.9 cm³/mol. The topological polar surface area (TPSA) is 40.5 Å². The van der Waals surface area contributed by atoms with Gasteiger partial charge in [-0.1, -0.05) is 33.8 Å². The summed E-state index contributed by atoms with van der Waals surface area (Å²) in [6, 6.07) is 0. The smallest absolute Gasteiger partial charge is 0.114 e. The molecule has 0 aliphatic heterocycles. The van der Waals surface area contributed by atoms with Crippen LogP contribution in [0.3, 0.4) is 0 Å². The van der Waals surface area contributed by atoms with Gasteiger partial charge in [-0.15, -0.1) is 0 Å². The molecule has 0 heterocycles. The Morgan fingerprint density at radius 2 is 1.94 bits per heavy atom. The SMILES string of the molecule is CC(C)(C)C1(C)C=C(CCCCO)C(O)=CC1. The van der Waals surface area contributed by atoms with Crippen molar-refractivity contribution >= 4 is 0 Å². The predicted octanol–water partition coefficient (Wildman–Crippen LogP) is 3.97. The molecule has 0 radical (unpaired) electrons. The molecule has 0 saturated carbocycles. The quantitative estimate of drug-likeness (QED) is 0.727. The highest BCUT2D eigenvalue weighted by Crippen LogP contribution is 2.46. The van der Waals surface area contributed by atoms with Gasteiger partial charge in [0.05, 0.1) is 0 Å². The van der Waals surface area contributed by atoms with E-state index in [4.69, 9.17) is 5.11 Å². The van der Waals surface area contributed by atoms with E-state index in [0.29, 0.717) is 5.76 Å². The minimum absolute atomic E-state index is 0.105. The fourth-order valence-electron chi connectivity index (χ4n) is 2.11. The lowest BCUT2D eigenvalue weighted by atomic mass is 9.63. The van der Waals surface area contributed by atoms with Gasteiger partial charge in [0, 0.05) is 6.61 Å². The van der Waals surface area contributed by atoms with E-state index in [0.717, 1.165) is 31.3 Å². The number of hydrogen-bond acceptors (Lipinski definition) is 2. The second kappa shape index (κ2) is 5.26. The van der Waals surface area contributed by atoms with Crippen LogP contribution in [-0.4, -0.2) is 16.8 Å². The first kappa shape index (κ1) is 14.3. The van der Waals surface area contributed by atoms with Gasteiger partial charge >= 0.3 is 0 Å². The van der Waals surface area contributed by atoms with Crippen molar-refractivity contribution in [2.75, 3.05) is 6.61 Å². The third kappa shape index (κ3) is 3.35. The zero-order chi connectivity index (χ0) is 13.1. The molecular formula is C15H26O2. The molecule has 0 aromatic heterocycles. The van der Waals surface area contributed by atoms with E-state index in [1.165, 1.54) is 0 Å². The number of aliphatic hydroxyl groups is 2. The molecule has 98 valence electrons. The van der Waals surface area contributed by atoms with E-state index in [1.807, 2.05) is 6.08 Å². The average Bonchev–Trinajstić information content (AvgIpc) is 2.22. The molecule has 1 aliphatic carbocycles. The Labute approximate surface area is 105 Å². The molecule has 17 heavy (non-hydrogen) atoms. The first-order chi connectivity index (χ1) is 7.80. The first-order valence-corrected chi connectivity index (χ1v) is 6.52. The van der Waals surface area contributed by atoms with Gasteiger partial charge in [-0.3, -0.25) is 0 Å². The van der Waals surface area contributed by atoms with Crippen LogP contribution < -0.4 is 0 Å².